The molecule has 0 amide bonds. The Labute approximate surface area is 88.2 Å². The van der Waals surface area contributed by atoms with Crippen molar-refractivity contribution < 1.29 is 9.90 Å². The number of unbranched alkanes of at least 4 members (excludes halogenated alkanes) is 1. The Hall–Kier alpha value is -1.58. The smallest absolute Gasteiger partial charge is 0.303 e. The van der Waals surface area contributed by atoms with Gasteiger partial charge in [0.05, 0.1) is 0 Å². The summed E-state index contributed by atoms with van der Waals surface area (Å²) in [6, 6.07) is 3.60. The molecule has 4 heteroatoms. The van der Waals surface area contributed by atoms with Gasteiger partial charge in [0.2, 0.25) is 0 Å². The van der Waals surface area contributed by atoms with Crippen molar-refractivity contribution in [2.45, 2.75) is 32.7 Å². The number of nitrogens with zero attached hydrogens (tertiary/aromatic N) is 1. The van der Waals surface area contributed by atoms with Crippen LogP contribution in [0.2, 0.25) is 0 Å². The van der Waals surface area contributed by atoms with Crippen molar-refractivity contribution in [3.63, 3.8) is 0 Å². The number of hydrogen-bond donors (Lipinski definition) is 1. The van der Waals surface area contributed by atoms with Crippen LogP contribution in [0.3, 0.4) is 0 Å². The molecule has 82 valence electrons. The summed E-state index contributed by atoms with van der Waals surface area (Å²) >= 11 is 0. The molecule has 0 radical (unpaired) electrons. The van der Waals surface area contributed by atoms with Crippen LogP contribution in [0.25, 0.3) is 0 Å². The summed E-state index contributed by atoms with van der Waals surface area (Å²) in [6.45, 7) is 2.36. The molecule has 1 heterocycles. The molecule has 0 unspecified atom stereocenters. The molecule has 0 atom stereocenters. The summed E-state index contributed by atoms with van der Waals surface area (Å²) in [5.74, 6) is -0.786. The van der Waals surface area contributed by atoms with Crippen molar-refractivity contribution in [2.24, 2.45) is 0 Å². The van der Waals surface area contributed by atoms with Gasteiger partial charge < -0.3 is 9.67 Å². The highest BCUT2D eigenvalue weighted by molar-refractivity contribution is 5.66. The van der Waals surface area contributed by atoms with E-state index in [-0.39, 0.29) is 12.0 Å². The molecule has 15 heavy (non-hydrogen) atoms. The highest BCUT2D eigenvalue weighted by Gasteiger charge is 2.00. The van der Waals surface area contributed by atoms with E-state index in [1.807, 2.05) is 6.07 Å². The zero-order chi connectivity index (χ0) is 11.3. The maximum Gasteiger partial charge on any atom is 0.303 e. The van der Waals surface area contributed by atoms with E-state index in [0.29, 0.717) is 13.0 Å². The summed E-state index contributed by atoms with van der Waals surface area (Å²) in [5.41, 5.74) is 0.726. The molecule has 0 spiro atoms. The number of rotatable bonds is 5. The number of pyridine rings is 1. The highest BCUT2D eigenvalue weighted by Crippen LogP contribution is 1.98. The molecule has 0 bridgehead atoms. The van der Waals surface area contributed by atoms with Gasteiger partial charge in [-0.05, 0) is 25.8 Å². The maximum atomic E-state index is 11.5. The number of carboxylic acids is 1. The van der Waals surface area contributed by atoms with E-state index >= 15 is 0 Å². The van der Waals surface area contributed by atoms with Crippen molar-refractivity contribution in [3.8, 4) is 0 Å². The molecule has 1 N–H and O–H groups in total. The van der Waals surface area contributed by atoms with Crippen LogP contribution in [-0.4, -0.2) is 15.6 Å². The van der Waals surface area contributed by atoms with Gasteiger partial charge in [0, 0.05) is 24.7 Å². The molecular weight excluding hydrogens is 194 g/mol. The molecule has 0 aromatic carbocycles. The quantitative estimate of drug-likeness (QED) is 0.746. The van der Waals surface area contributed by atoms with Crippen molar-refractivity contribution >= 4 is 5.97 Å². The third kappa shape index (κ3) is 3.58. The number of carboxylic acid groups (broad SMARTS) is 1. The van der Waals surface area contributed by atoms with Gasteiger partial charge in [0.15, 0.2) is 0 Å². The molecule has 0 aliphatic carbocycles. The largest absolute Gasteiger partial charge is 0.481 e. The monoisotopic (exact) mass is 209 g/mol. The lowest BCUT2D eigenvalue weighted by Gasteiger charge is -2.05. The first-order chi connectivity index (χ1) is 7.11. The Balaban J connectivity index is 2.48. The van der Waals surface area contributed by atoms with Gasteiger partial charge in [-0.2, -0.15) is 0 Å². The molecule has 1 rings (SSSR count). The van der Waals surface area contributed by atoms with Gasteiger partial charge in [-0.1, -0.05) is 6.07 Å². The minimum absolute atomic E-state index is 0.00725. The third-order valence-corrected chi connectivity index (χ3v) is 2.25. The van der Waals surface area contributed by atoms with Crippen LogP contribution >= 0.6 is 0 Å². The van der Waals surface area contributed by atoms with Gasteiger partial charge in [0.25, 0.3) is 5.56 Å². The fourth-order valence-corrected chi connectivity index (χ4v) is 1.39. The average molecular weight is 209 g/mol. The SMILES string of the molecule is Cc1cccn(CCCCC(=O)O)c1=O. The Kier molecular flexibility index (Phi) is 4.09. The average Bonchev–Trinajstić information content (AvgIpc) is 2.18. The lowest BCUT2D eigenvalue weighted by molar-refractivity contribution is -0.137. The first kappa shape index (κ1) is 11.5. The minimum atomic E-state index is -0.786. The van der Waals surface area contributed by atoms with Crippen molar-refractivity contribution in [3.05, 3.63) is 34.2 Å². The molecule has 1 aromatic heterocycles. The van der Waals surface area contributed by atoms with Crippen LogP contribution in [0.15, 0.2) is 23.1 Å². The van der Waals surface area contributed by atoms with Crippen LogP contribution in [0.4, 0.5) is 0 Å². The normalized spacial score (nSPS) is 10.2. The fraction of sp³-hybridized carbons (Fsp3) is 0.455. The summed E-state index contributed by atoms with van der Waals surface area (Å²) in [7, 11) is 0. The van der Waals surface area contributed by atoms with Gasteiger partial charge in [0.1, 0.15) is 0 Å². The molecule has 0 saturated heterocycles. The second-order valence-electron chi connectivity index (χ2n) is 3.54. The van der Waals surface area contributed by atoms with E-state index in [1.165, 1.54) is 0 Å². The lowest BCUT2D eigenvalue weighted by atomic mass is 10.2. The second-order valence-corrected chi connectivity index (χ2v) is 3.54. The summed E-state index contributed by atoms with van der Waals surface area (Å²) in [5, 5.41) is 8.44. The number of aliphatic carboxylic acids is 1. The van der Waals surface area contributed by atoms with Crippen LogP contribution in [0, 0.1) is 6.92 Å². The topological polar surface area (TPSA) is 59.3 Å². The molecule has 0 saturated carbocycles. The molecule has 0 aliphatic heterocycles. The van der Waals surface area contributed by atoms with Crippen LogP contribution in [0.5, 0.6) is 0 Å². The van der Waals surface area contributed by atoms with E-state index < -0.39 is 5.97 Å². The lowest BCUT2D eigenvalue weighted by Crippen LogP contribution is -2.21. The predicted molar refractivity (Wildman–Crippen MR) is 56.9 cm³/mol. The van der Waals surface area contributed by atoms with Crippen molar-refractivity contribution in [2.75, 3.05) is 0 Å². The molecule has 0 fully saturated rings. The zero-order valence-corrected chi connectivity index (χ0v) is 8.77. The van der Waals surface area contributed by atoms with Crippen LogP contribution in [-0.2, 0) is 11.3 Å². The van der Waals surface area contributed by atoms with Gasteiger partial charge in [-0.15, -0.1) is 0 Å². The van der Waals surface area contributed by atoms with Gasteiger partial charge in [-0.3, -0.25) is 9.59 Å². The Morgan fingerprint density at radius 3 is 2.87 bits per heavy atom. The predicted octanol–water partition coefficient (Wildman–Crippen LogP) is 1.41. The Bertz CT molecular complexity index is 395. The minimum Gasteiger partial charge on any atom is -0.481 e. The number of aryl methyl sites for hydroxylation is 2. The summed E-state index contributed by atoms with van der Waals surface area (Å²) in [6.07, 6.45) is 3.22. The standard InChI is InChI=1S/C11H15NO3/c1-9-5-4-8-12(11(9)15)7-3-2-6-10(13)14/h4-5,8H,2-3,6-7H2,1H3,(H,13,14). The first-order valence-corrected chi connectivity index (χ1v) is 4.99. The van der Waals surface area contributed by atoms with E-state index in [9.17, 15) is 9.59 Å². The summed E-state index contributed by atoms with van der Waals surface area (Å²) in [4.78, 5) is 21.8. The van der Waals surface area contributed by atoms with E-state index in [0.717, 1.165) is 12.0 Å². The van der Waals surface area contributed by atoms with Gasteiger partial charge >= 0.3 is 5.97 Å². The van der Waals surface area contributed by atoms with Crippen LogP contribution < -0.4 is 5.56 Å². The summed E-state index contributed by atoms with van der Waals surface area (Å²) < 4.78 is 1.62. The Morgan fingerprint density at radius 2 is 2.20 bits per heavy atom. The van der Waals surface area contributed by atoms with E-state index in [1.54, 1.807) is 23.8 Å². The second kappa shape index (κ2) is 5.34. The van der Waals surface area contributed by atoms with Crippen molar-refractivity contribution in [1.29, 1.82) is 0 Å². The number of aromatic nitrogens is 1. The number of hydrogen-bond acceptors (Lipinski definition) is 2. The first-order valence-electron chi connectivity index (χ1n) is 4.99. The Morgan fingerprint density at radius 1 is 1.47 bits per heavy atom. The molecule has 0 aliphatic rings. The van der Waals surface area contributed by atoms with E-state index in [4.69, 9.17) is 5.11 Å². The number of carbonyl (C=O) groups is 1. The van der Waals surface area contributed by atoms with Gasteiger partial charge in [-0.25, -0.2) is 0 Å². The maximum absolute atomic E-state index is 11.5. The van der Waals surface area contributed by atoms with Crippen LogP contribution in [0.1, 0.15) is 24.8 Å². The molecule has 1 aromatic rings. The molecular formula is C11H15NO3. The van der Waals surface area contributed by atoms with E-state index in [2.05, 4.69) is 0 Å². The molecule has 4 nitrogen and oxygen atoms in total. The highest BCUT2D eigenvalue weighted by atomic mass is 16.4. The zero-order valence-electron chi connectivity index (χ0n) is 8.77. The third-order valence-electron chi connectivity index (χ3n) is 2.25. The fourth-order valence-electron chi connectivity index (χ4n) is 1.39. The van der Waals surface area contributed by atoms with Crippen molar-refractivity contribution in [1.82, 2.24) is 4.57 Å².